The Labute approximate surface area is 181 Å². The smallest absolute Gasteiger partial charge is 0.406 e. The topological polar surface area (TPSA) is 97.9 Å². The molecule has 2 amide bonds. The van der Waals surface area contributed by atoms with E-state index >= 15 is 0 Å². The van der Waals surface area contributed by atoms with Crippen LogP contribution in [0.4, 0.5) is 18.9 Å². The Bertz CT molecular complexity index is 1140. The van der Waals surface area contributed by atoms with Crippen LogP contribution in [0.2, 0.25) is 0 Å². The standard InChI is InChI=1S/C21H20F3N5O3/c1-11-12(2)25-20(27-19(11)31)29-14(4)17(13(3)28-29)9-10-18(30)26-15-5-7-16(8-6-15)32-21(22,23)24/h5-8H,1,9-10H2,2-4H3,(H,26,30). The second-order valence-corrected chi connectivity index (χ2v) is 7.07. The maximum absolute atomic E-state index is 12.3. The summed E-state index contributed by atoms with van der Waals surface area (Å²) in [6.45, 7) is 8.86. The zero-order valence-corrected chi connectivity index (χ0v) is 17.6. The van der Waals surface area contributed by atoms with Gasteiger partial charge in [-0.1, -0.05) is 6.58 Å². The molecule has 2 heterocycles. The fourth-order valence-corrected chi connectivity index (χ4v) is 3.08. The average molecular weight is 447 g/mol. The van der Waals surface area contributed by atoms with E-state index in [1.165, 1.54) is 16.8 Å². The van der Waals surface area contributed by atoms with Gasteiger partial charge in [-0.15, -0.1) is 13.2 Å². The first-order valence-electron chi connectivity index (χ1n) is 9.53. The molecule has 0 aliphatic carbocycles. The number of aryl methyl sites for hydroxylation is 1. The number of ether oxygens (including phenoxy) is 1. The lowest BCUT2D eigenvalue weighted by Crippen LogP contribution is -2.23. The molecule has 0 saturated heterocycles. The molecule has 0 fully saturated rings. The zero-order valence-electron chi connectivity index (χ0n) is 17.6. The number of hydrogen-bond acceptors (Lipinski definition) is 5. The molecular formula is C21H20F3N5O3. The fraction of sp³-hybridized carbons (Fsp3) is 0.286. The molecule has 1 N–H and O–H groups in total. The number of carbonyl (C=O) groups excluding carboxylic acids is 2. The molecule has 1 aromatic heterocycles. The van der Waals surface area contributed by atoms with Crippen molar-refractivity contribution >= 4 is 29.2 Å². The summed E-state index contributed by atoms with van der Waals surface area (Å²) in [4.78, 5) is 32.4. The molecular weight excluding hydrogens is 427 g/mol. The SMILES string of the molecule is C=C1C(=O)N=C(n2nc(C)c(CCC(=O)Nc3ccc(OC(F)(F)F)cc3)c2C)N=C1C. The second kappa shape index (κ2) is 8.77. The Kier molecular flexibility index (Phi) is 6.28. The predicted molar refractivity (Wildman–Crippen MR) is 112 cm³/mol. The van der Waals surface area contributed by atoms with Crippen LogP contribution in [-0.2, 0) is 16.0 Å². The quantitative estimate of drug-likeness (QED) is 0.706. The zero-order chi connectivity index (χ0) is 23.6. The number of amides is 2. The Balaban J connectivity index is 1.65. The van der Waals surface area contributed by atoms with Gasteiger partial charge in [0.05, 0.1) is 17.0 Å². The van der Waals surface area contributed by atoms with Gasteiger partial charge in [-0.25, -0.2) is 9.67 Å². The van der Waals surface area contributed by atoms with Gasteiger partial charge in [0.2, 0.25) is 5.91 Å². The molecule has 0 bridgehead atoms. The van der Waals surface area contributed by atoms with Crippen LogP contribution in [0.25, 0.3) is 0 Å². The van der Waals surface area contributed by atoms with E-state index in [0.717, 1.165) is 17.7 Å². The maximum Gasteiger partial charge on any atom is 0.573 e. The number of halogens is 3. The van der Waals surface area contributed by atoms with Gasteiger partial charge in [0.25, 0.3) is 11.9 Å². The van der Waals surface area contributed by atoms with E-state index in [-0.39, 0.29) is 29.6 Å². The first-order chi connectivity index (χ1) is 14.9. The number of carbonyl (C=O) groups is 2. The van der Waals surface area contributed by atoms with E-state index in [1.807, 2.05) is 0 Å². The van der Waals surface area contributed by atoms with Crippen molar-refractivity contribution in [1.29, 1.82) is 0 Å². The third-order valence-corrected chi connectivity index (χ3v) is 4.77. The molecule has 8 nitrogen and oxygen atoms in total. The summed E-state index contributed by atoms with van der Waals surface area (Å²) in [5, 5.41) is 7.01. The van der Waals surface area contributed by atoms with Gasteiger partial charge in [-0.3, -0.25) is 9.59 Å². The van der Waals surface area contributed by atoms with Gasteiger partial charge in [-0.2, -0.15) is 10.1 Å². The van der Waals surface area contributed by atoms with E-state index in [1.54, 1.807) is 20.8 Å². The van der Waals surface area contributed by atoms with Crippen LogP contribution in [0.15, 0.2) is 46.4 Å². The van der Waals surface area contributed by atoms with Gasteiger partial charge >= 0.3 is 6.36 Å². The third-order valence-electron chi connectivity index (χ3n) is 4.77. The summed E-state index contributed by atoms with van der Waals surface area (Å²) in [7, 11) is 0. The molecule has 0 radical (unpaired) electrons. The van der Waals surface area contributed by atoms with Crippen LogP contribution >= 0.6 is 0 Å². The Morgan fingerprint density at radius 2 is 1.81 bits per heavy atom. The van der Waals surface area contributed by atoms with Crippen LogP contribution in [-0.4, -0.2) is 39.6 Å². The van der Waals surface area contributed by atoms with Gasteiger partial charge in [0, 0.05) is 17.8 Å². The lowest BCUT2D eigenvalue weighted by atomic mass is 10.1. The van der Waals surface area contributed by atoms with Gasteiger partial charge < -0.3 is 10.1 Å². The van der Waals surface area contributed by atoms with Crippen molar-refractivity contribution in [2.75, 3.05) is 5.32 Å². The predicted octanol–water partition coefficient (Wildman–Crippen LogP) is 3.73. The number of benzene rings is 1. The molecule has 0 saturated carbocycles. The van der Waals surface area contributed by atoms with E-state index in [4.69, 9.17) is 0 Å². The summed E-state index contributed by atoms with van der Waals surface area (Å²) in [5.41, 5.74) is 3.19. The second-order valence-electron chi connectivity index (χ2n) is 7.07. The first-order valence-corrected chi connectivity index (χ1v) is 9.53. The summed E-state index contributed by atoms with van der Waals surface area (Å²) in [5.74, 6) is -1.04. The van der Waals surface area contributed by atoms with Crippen LogP contribution in [0, 0.1) is 13.8 Å². The fourth-order valence-electron chi connectivity index (χ4n) is 3.08. The number of hydrogen-bond donors (Lipinski definition) is 1. The molecule has 11 heteroatoms. The van der Waals surface area contributed by atoms with E-state index in [2.05, 4.69) is 31.7 Å². The highest BCUT2D eigenvalue weighted by Crippen LogP contribution is 2.24. The minimum atomic E-state index is -4.78. The van der Waals surface area contributed by atoms with Crippen LogP contribution in [0.3, 0.4) is 0 Å². The molecule has 3 rings (SSSR count). The lowest BCUT2D eigenvalue weighted by molar-refractivity contribution is -0.274. The van der Waals surface area contributed by atoms with Crippen LogP contribution in [0.1, 0.15) is 30.3 Å². The maximum atomic E-state index is 12.3. The third kappa shape index (κ3) is 5.29. The van der Waals surface area contributed by atoms with Crippen molar-refractivity contribution in [3.63, 3.8) is 0 Å². The summed E-state index contributed by atoms with van der Waals surface area (Å²) in [6, 6.07) is 4.87. The largest absolute Gasteiger partial charge is 0.573 e. The Hall–Kier alpha value is -3.76. The number of nitrogens with zero attached hydrogens (tertiary/aromatic N) is 4. The highest BCUT2D eigenvalue weighted by molar-refractivity contribution is 6.27. The molecule has 1 aliphatic heterocycles. The minimum absolute atomic E-state index is 0.110. The van der Waals surface area contributed by atoms with E-state index in [0.29, 0.717) is 29.2 Å². The molecule has 32 heavy (non-hydrogen) atoms. The summed E-state index contributed by atoms with van der Waals surface area (Å²) >= 11 is 0. The van der Waals surface area contributed by atoms with Gasteiger partial charge in [0.1, 0.15) is 5.75 Å². The summed E-state index contributed by atoms with van der Waals surface area (Å²) < 4.78 is 41.9. The van der Waals surface area contributed by atoms with Crippen molar-refractivity contribution in [1.82, 2.24) is 9.78 Å². The molecule has 168 valence electrons. The molecule has 1 aromatic carbocycles. The van der Waals surface area contributed by atoms with Crippen molar-refractivity contribution < 1.29 is 27.5 Å². The van der Waals surface area contributed by atoms with Crippen LogP contribution < -0.4 is 10.1 Å². The number of rotatable bonds is 5. The molecule has 0 atom stereocenters. The molecule has 0 unspecified atom stereocenters. The van der Waals surface area contributed by atoms with Crippen molar-refractivity contribution in [2.24, 2.45) is 9.98 Å². The Morgan fingerprint density at radius 3 is 2.41 bits per heavy atom. The molecule has 1 aliphatic rings. The van der Waals surface area contributed by atoms with Gasteiger partial charge in [-0.05, 0) is 57.0 Å². The molecule has 2 aromatic rings. The average Bonchev–Trinajstić information content (AvgIpc) is 2.98. The monoisotopic (exact) mass is 447 g/mol. The number of nitrogens with one attached hydrogen (secondary N) is 1. The van der Waals surface area contributed by atoms with Crippen molar-refractivity contribution in [2.45, 2.75) is 40.0 Å². The van der Waals surface area contributed by atoms with E-state index < -0.39 is 12.3 Å². The normalized spacial score (nSPS) is 14.2. The lowest BCUT2D eigenvalue weighted by Gasteiger charge is -2.11. The number of aromatic nitrogens is 2. The highest BCUT2D eigenvalue weighted by atomic mass is 19.4. The van der Waals surface area contributed by atoms with Crippen molar-refractivity contribution in [3.8, 4) is 5.75 Å². The van der Waals surface area contributed by atoms with E-state index in [9.17, 15) is 22.8 Å². The number of alkyl halides is 3. The Morgan fingerprint density at radius 1 is 1.16 bits per heavy atom. The van der Waals surface area contributed by atoms with Gasteiger partial charge in [0.15, 0.2) is 0 Å². The number of aliphatic imine (C=N–C) groups is 2. The first kappa shape index (κ1) is 22.9. The van der Waals surface area contributed by atoms with Crippen LogP contribution in [0.5, 0.6) is 5.75 Å². The summed E-state index contributed by atoms with van der Waals surface area (Å²) in [6.07, 6.45) is -4.31. The van der Waals surface area contributed by atoms with Crippen molar-refractivity contribution in [3.05, 3.63) is 53.4 Å². The molecule has 0 spiro atoms. The number of anilines is 1. The highest BCUT2D eigenvalue weighted by Gasteiger charge is 2.31. The minimum Gasteiger partial charge on any atom is -0.406 e.